The highest BCUT2D eigenvalue weighted by atomic mass is 16.5. The third-order valence-corrected chi connectivity index (χ3v) is 15.7. The molecule has 2 heterocycles. The van der Waals surface area contributed by atoms with E-state index in [-0.39, 0.29) is 23.4 Å². The van der Waals surface area contributed by atoms with Crippen LogP contribution in [-0.2, 0) is 17.4 Å². The number of benzene rings is 5. The summed E-state index contributed by atoms with van der Waals surface area (Å²) in [5, 5.41) is 10.2. The first-order valence-corrected chi connectivity index (χ1v) is 25.1. The number of rotatable bonds is 12. The molecular formula is C61H67N2O3+. The zero-order chi connectivity index (χ0) is 45.1. The maximum Gasteiger partial charge on any atom is 0.210 e. The third-order valence-electron chi connectivity index (χ3n) is 15.7. The Labute approximate surface area is 393 Å². The zero-order valence-electron chi connectivity index (χ0n) is 39.4. The fourth-order valence-corrected chi connectivity index (χ4v) is 12.6. The molecule has 0 bridgehead atoms. The van der Waals surface area contributed by atoms with Crippen LogP contribution in [0.1, 0.15) is 137 Å². The van der Waals surface area contributed by atoms with Crippen molar-refractivity contribution in [3.63, 3.8) is 0 Å². The molecule has 338 valence electrons. The van der Waals surface area contributed by atoms with E-state index in [1.54, 1.807) is 7.11 Å². The number of ether oxygens (including phenoxy) is 2. The van der Waals surface area contributed by atoms with Crippen LogP contribution in [0, 0.1) is 0 Å². The molecule has 2 saturated carbocycles. The van der Waals surface area contributed by atoms with Gasteiger partial charge < -0.3 is 19.5 Å². The summed E-state index contributed by atoms with van der Waals surface area (Å²) in [4.78, 5) is 2.55. The monoisotopic (exact) mass is 876 g/mol. The van der Waals surface area contributed by atoms with Crippen molar-refractivity contribution in [1.29, 1.82) is 0 Å². The average molecular weight is 876 g/mol. The number of hydrogen-bond donors (Lipinski definition) is 1. The first-order valence-electron chi connectivity index (χ1n) is 25.1. The summed E-state index contributed by atoms with van der Waals surface area (Å²) >= 11 is 0. The van der Waals surface area contributed by atoms with Gasteiger partial charge in [0.25, 0.3) is 0 Å². The van der Waals surface area contributed by atoms with Gasteiger partial charge in [0.15, 0.2) is 5.71 Å². The highest BCUT2D eigenvalue weighted by Gasteiger charge is 2.51. The molecule has 0 amide bonds. The predicted molar refractivity (Wildman–Crippen MR) is 270 cm³/mol. The molecule has 0 atom stereocenters. The Morgan fingerprint density at radius 2 is 1.30 bits per heavy atom. The van der Waals surface area contributed by atoms with Gasteiger partial charge in [0.1, 0.15) is 23.8 Å². The Hall–Kier alpha value is -5.91. The van der Waals surface area contributed by atoms with Crippen molar-refractivity contribution in [1.82, 2.24) is 0 Å². The van der Waals surface area contributed by atoms with Crippen LogP contribution in [0.2, 0.25) is 0 Å². The minimum Gasteiger partial charge on any atom is -0.497 e. The van der Waals surface area contributed by atoms with E-state index in [1.807, 2.05) is 0 Å². The lowest BCUT2D eigenvalue weighted by Crippen LogP contribution is -2.36. The molecule has 2 aliphatic heterocycles. The Bertz CT molecular complexity index is 2650. The van der Waals surface area contributed by atoms with E-state index in [2.05, 4.69) is 169 Å². The molecular weight excluding hydrogens is 809 g/mol. The largest absolute Gasteiger partial charge is 0.497 e. The van der Waals surface area contributed by atoms with E-state index in [1.165, 1.54) is 100 Å². The Kier molecular flexibility index (Phi) is 12.7. The third kappa shape index (κ3) is 7.97. The summed E-state index contributed by atoms with van der Waals surface area (Å²) in [7, 11) is 1.79. The molecule has 0 unspecified atom stereocenters. The van der Waals surface area contributed by atoms with Crippen LogP contribution in [0.25, 0.3) is 0 Å². The number of anilines is 1. The van der Waals surface area contributed by atoms with E-state index >= 15 is 0 Å². The molecule has 5 heteroatoms. The van der Waals surface area contributed by atoms with E-state index in [9.17, 15) is 5.11 Å². The summed E-state index contributed by atoms with van der Waals surface area (Å²) in [6.45, 7) is 6.45. The number of likely N-dealkylation sites (N-methyl/N-ethyl adjacent to an activating group) is 1. The molecule has 3 aliphatic carbocycles. The first-order chi connectivity index (χ1) is 32.5. The molecule has 5 aliphatic rings. The number of methoxy groups -OCH3 is 1. The van der Waals surface area contributed by atoms with E-state index in [0.717, 1.165) is 80.9 Å². The number of hydrogen-bond acceptors (Lipinski definition) is 4. The van der Waals surface area contributed by atoms with Gasteiger partial charge in [-0.05, 0) is 140 Å². The van der Waals surface area contributed by atoms with Crippen LogP contribution in [0.4, 0.5) is 11.4 Å². The molecule has 0 radical (unpaired) electrons. The zero-order valence-corrected chi connectivity index (χ0v) is 39.4. The normalized spacial score (nSPS) is 20.0. The lowest BCUT2D eigenvalue weighted by atomic mass is 9.67. The maximum atomic E-state index is 10.2. The lowest BCUT2D eigenvalue weighted by Gasteiger charge is -2.37. The summed E-state index contributed by atoms with van der Waals surface area (Å²) < 4.78 is 15.7. The minimum absolute atomic E-state index is 0.0247. The SMILES string of the molecule is CCN1C(=CC=C2CCCC(C=CC3=[N+](CC)c4ccc(OC)cc4C34CCCCC4)=C2Oc2ccc(C(c3ccccc3)c3ccccc3)cc2)C2(CCCCC2)c2cc(CO)ccc21. The van der Waals surface area contributed by atoms with Gasteiger partial charge in [-0.3, -0.25) is 0 Å². The lowest BCUT2D eigenvalue weighted by molar-refractivity contribution is -0.433. The molecule has 5 nitrogen and oxygen atoms in total. The Balaban J connectivity index is 1.08. The van der Waals surface area contributed by atoms with Gasteiger partial charge in [-0.2, -0.15) is 4.58 Å². The van der Waals surface area contributed by atoms with Gasteiger partial charge >= 0.3 is 0 Å². The van der Waals surface area contributed by atoms with Crippen molar-refractivity contribution in [3.05, 3.63) is 202 Å². The van der Waals surface area contributed by atoms with Gasteiger partial charge in [0.2, 0.25) is 5.69 Å². The van der Waals surface area contributed by atoms with Crippen LogP contribution in [0.3, 0.4) is 0 Å². The molecule has 5 aromatic rings. The quantitative estimate of drug-likeness (QED) is 0.100. The van der Waals surface area contributed by atoms with Crippen LogP contribution in [0.5, 0.6) is 11.5 Å². The molecule has 0 aromatic heterocycles. The summed E-state index contributed by atoms with van der Waals surface area (Å²) in [5.74, 6) is 2.91. The Morgan fingerprint density at radius 1 is 0.652 bits per heavy atom. The summed E-state index contributed by atoms with van der Waals surface area (Å²) in [6, 6.07) is 44.0. The van der Waals surface area contributed by atoms with Gasteiger partial charge in [-0.25, -0.2) is 0 Å². The fraction of sp³-hybridized carbons (Fsp3) is 0.361. The highest BCUT2D eigenvalue weighted by Crippen LogP contribution is 2.56. The Morgan fingerprint density at radius 3 is 1.94 bits per heavy atom. The smallest absolute Gasteiger partial charge is 0.210 e. The number of nitrogens with zero attached hydrogens (tertiary/aromatic N) is 2. The van der Waals surface area contributed by atoms with Gasteiger partial charge in [-0.15, -0.1) is 0 Å². The number of aliphatic hydroxyl groups excluding tert-OH is 1. The van der Waals surface area contributed by atoms with Crippen LogP contribution < -0.4 is 14.4 Å². The molecule has 66 heavy (non-hydrogen) atoms. The summed E-state index contributed by atoms with van der Waals surface area (Å²) in [6.07, 6.45) is 24.8. The van der Waals surface area contributed by atoms with Crippen LogP contribution in [0.15, 0.2) is 168 Å². The number of fused-ring (bicyclic) bond motifs is 4. The second-order valence-corrected chi connectivity index (χ2v) is 19.3. The van der Waals surface area contributed by atoms with E-state index in [0.29, 0.717) is 0 Å². The van der Waals surface area contributed by atoms with Crippen molar-refractivity contribution >= 4 is 17.1 Å². The second-order valence-electron chi connectivity index (χ2n) is 19.3. The van der Waals surface area contributed by atoms with Gasteiger partial charge in [-0.1, -0.05) is 130 Å². The number of allylic oxidation sites excluding steroid dienone is 7. The van der Waals surface area contributed by atoms with E-state index in [4.69, 9.17) is 9.47 Å². The molecule has 5 aromatic carbocycles. The molecule has 2 spiro atoms. The standard InChI is InChI=1S/C61H67N2O3/c1-4-62-54-33-25-44(43-64)41-52(54)60(37-14-8-15-38-60)56(62)35-28-48-23-18-24-49(29-36-57-61(39-16-9-17-40-61)53-42-51(65-3)32-34-55(53)63(57)5-2)59(48)66-50-30-26-47(27-31-50)58(45-19-10-6-11-20-45)46-21-12-7-13-22-46/h6-7,10-13,19-22,25-36,41-42,58,64H,4-5,8-9,14-18,23-24,37-40,43H2,1-3H3/q+1. The van der Waals surface area contributed by atoms with Gasteiger partial charge in [0.05, 0.1) is 19.1 Å². The van der Waals surface area contributed by atoms with Crippen molar-refractivity contribution in [2.75, 3.05) is 25.1 Å². The summed E-state index contributed by atoms with van der Waals surface area (Å²) in [5.41, 5.74) is 15.5. The fourth-order valence-electron chi connectivity index (χ4n) is 12.6. The van der Waals surface area contributed by atoms with Crippen molar-refractivity contribution in [3.8, 4) is 11.5 Å². The first kappa shape index (κ1) is 44.0. The van der Waals surface area contributed by atoms with Crippen LogP contribution >= 0.6 is 0 Å². The maximum absolute atomic E-state index is 10.2. The molecule has 0 saturated heterocycles. The highest BCUT2D eigenvalue weighted by molar-refractivity contribution is 6.04. The predicted octanol–water partition coefficient (Wildman–Crippen LogP) is 14.3. The van der Waals surface area contributed by atoms with Crippen LogP contribution in [-0.4, -0.2) is 35.6 Å². The van der Waals surface area contributed by atoms with Crippen molar-refractivity contribution in [2.45, 2.75) is 121 Å². The van der Waals surface area contributed by atoms with Gasteiger partial charge in [0, 0.05) is 47.0 Å². The molecule has 1 N–H and O–H groups in total. The van der Waals surface area contributed by atoms with E-state index < -0.39 is 0 Å². The van der Waals surface area contributed by atoms with Crippen molar-refractivity contribution < 1.29 is 19.2 Å². The topological polar surface area (TPSA) is 44.9 Å². The second kappa shape index (κ2) is 19.1. The molecule has 2 fully saturated rings. The number of aliphatic hydroxyl groups is 1. The molecule has 10 rings (SSSR count). The minimum atomic E-state index is -0.0490. The van der Waals surface area contributed by atoms with Crippen molar-refractivity contribution in [2.24, 2.45) is 0 Å². The average Bonchev–Trinajstić information content (AvgIpc) is 3.77.